The molecule has 0 aliphatic carbocycles. The van der Waals surface area contributed by atoms with Crippen molar-refractivity contribution in [1.29, 1.82) is 0 Å². The van der Waals surface area contributed by atoms with Gasteiger partial charge < -0.3 is 14.4 Å². The van der Waals surface area contributed by atoms with E-state index in [2.05, 4.69) is 10.1 Å². The molecular formula is C14H18N2O3. The monoisotopic (exact) mass is 262 g/mol. The molecule has 0 spiro atoms. The van der Waals surface area contributed by atoms with Gasteiger partial charge in [0.25, 0.3) is 0 Å². The topological polar surface area (TPSA) is 68.4 Å². The molecule has 19 heavy (non-hydrogen) atoms. The predicted octanol–water partition coefficient (Wildman–Crippen LogP) is 2.30. The Morgan fingerprint density at radius 2 is 2.16 bits per heavy atom. The maximum absolute atomic E-state index is 9.79. The van der Waals surface area contributed by atoms with E-state index in [4.69, 9.17) is 9.26 Å². The molecule has 0 amide bonds. The first-order chi connectivity index (χ1) is 9.10. The molecular weight excluding hydrogens is 244 g/mol. The van der Waals surface area contributed by atoms with Gasteiger partial charge in [0, 0.05) is 5.56 Å². The van der Waals surface area contributed by atoms with Gasteiger partial charge >= 0.3 is 0 Å². The van der Waals surface area contributed by atoms with Crippen LogP contribution < -0.4 is 4.74 Å². The summed E-state index contributed by atoms with van der Waals surface area (Å²) in [4.78, 5) is 4.28. The number of hydrogen-bond donors (Lipinski definition) is 1. The minimum atomic E-state index is -0.474. The van der Waals surface area contributed by atoms with Crippen LogP contribution in [0.15, 0.2) is 28.8 Å². The second-order valence-electron chi connectivity index (χ2n) is 4.76. The molecule has 1 heterocycles. The zero-order chi connectivity index (χ0) is 13.8. The lowest BCUT2D eigenvalue weighted by molar-refractivity contribution is 0.116. The molecule has 1 N–H and O–H groups in total. The van der Waals surface area contributed by atoms with Gasteiger partial charge in [0.1, 0.15) is 5.75 Å². The summed E-state index contributed by atoms with van der Waals surface area (Å²) in [5, 5.41) is 13.7. The summed E-state index contributed by atoms with van der Waals surface area (Å²) < 4.78 is 10.3. The van der Waals surface area contributed by atoms with Gasteiger partial charge in [-0.15, -0.1) is 0 Å². The van der Waals surface area contributed by atoms with Crippen molar-refractivity contribution in [3.8, 4) is 17.1 Å². The molecule has 0 aliphatic heterocycles. The highest BCUT2D eigenvalue weighted by atomic mass is 16.5. The summed E-state index contributed by atoms with van der Waals surface area (Å²) in [6.45, 7) is 3.90. The number of ether oxygens (including phenoxy) is 1. The van der Waals surface area contributed by atoms with Crippen LogP contribution >= 0.6 is 0 Å². The lowest BCUT2D eigenvalue weighted by Gasteiger charge is -2.10. The maximum Gasteiger partial charge on any atom is 0.229 e. The van der Waals surface area contributed by atoms with Gasteiger partial charge in [-0.25, -0.2) is 0 Å². The minimum absolute atomic E-state index is 0.159. The average Bonchev–Trinajstić information content (AvgIpc) is 2.87. The van der Waals surface area contributed by atoms with Crippen molar-refractivity contribution in [2.24, 2.45) is 5.92 Å². The van der Waals surface area contributed by atoms with Gasteiger partial charge in [0.15, 0.2) is 0 Å². The summed E-state index contributed by atoms with van der Waals surface area (Å²) >= 11 is 0. The summed E-state index contributed by atoms with van der Waals surface area (Å²) in [7, 11) is 1.61. The lowest BCUT2D eigenvalue weighted by Crippen LogP contribution is -2.17. The number of aliphatic hydroxyl groups is 1. The largest absolute Gasteiger partial charge is 0.497 e. The Morgan fingerprint density at radius 1 is 1.37 bits per heavy atom. The van der Waals surface area contributed by atoms with Crippen LogP contribution in [0.5, 0.6) is 5.75 Å². The number of benzene rings is 1. The van der Waals surface area contributed by atoms with E-state index in [0.717, 1.165) is 11.3 Å². The Hall–Kier alpha value is -1.88. The van der Waals surface area contributed by atoms with Crippen LogP contribution in [0.4, 0.5) is 0 Å². The zero-order valence-corrected chi connectivity index (χ0v) is 11.3. The summed E-state index contributed by atoms with van der Waals surface area (Å²) in [6.07, 6.45) is -0.104. The van der Waals surface area contributed by atoms with E-state index in [1.54, 1.807) is 7.11 Å². The molecule has 5 heteroatoms. The third-order valence-corrected chi connectivity index (χ3v) is 2.95. The van der Waals surface area contributed by atoms with Crippen molar-refractivity contribution in [3.63, 3.8) is 0 Å². The van der Waals surface area contributed by atoms with Crippen molar-refractivity contribution in [2.75, 3.05) is 7.11 Å². The van der Waals surface area contributed by atoms with Gasteiger partial charge in [-0.2, -0.15) is 4.98 Å². The lowest BCUT2D eigenvalue weighted by atomic mass is 10.0. The van der Waals surface area contributed by atoms with Crippen LogP contribution in [0.25, 0.3) is 11.4 Å². The van der Waals surface area contributed by atoms with E-state index in [9.17, 15) is 5.11 Å². The minimum Gasteiger partial charge on any atom is -0.497 e. The smallest absolute Gasteiger partial charge is 0.229 e. The van der Waals surface area contributed by atoms with E-state index in [1.807, 2.05) is 38.1 Å². The SMILES string of the molecule is COc1cccc(-c2noc(C[C@@H](O)C(C)C)n2)c1. The van der Waals surface area contributed by atoms with Crippen molar-refractivity contribution >= 4 is 0 Å². The van der Waals surface area contributed by atoms with Gasteiger partial charge in [0.05, 0.1) is 19.6 Å². The molecule has 2 aromatic rings. The Morgan fingerprint density at radius 3 is 2.84 bits per heavy atom. The molecule has 0 bridgehead atoms. The zero-order valence-electron chi connectivity index (χ0n) is 11.3. The summed E-state index contributed by atoms with van der Waals surface area (Å²) in [5.74, 6) is 1.85. The molecule has 0 saturated heterocycles. The fourth-order valence-corrected chi connectivity index (χ4v) is 1.63. The van der Waals surface area contributed by atoms with Crippen LogP contribution in [-0.4, -0.2) is 28.5 Å². The molecule has 1 aromatic heterocycles. The van der Waals surface area contributed by atoms with E-state index in [0.29, 0.717) is 18.1 Å². The van der Waals surface area contributed by atoms with Gasteiger partial charge in [-0.05, 0) is 18.1 Å². The molecule has 0 aliphatic rings. The third kappa shape index (κ3) is 3.32. The Labute approximate surface area is 112 Å². The summed E-state index contributed by atoms with van der Waals surface area (Å²) in [6, 6.07) is 7.45. The van der Waals surface area contributed by atoms with Crippen molar-refractivity contribution in [3.05, 3.63) is 30.2 Å². The molecule has 0 radical (unpaired) electrons. The van der Waals surface area contributed by atoms with Crippen molar-refractivity contribution < 1.29 is 14.4 Å². The fourth-order valence-electron chi connectivity index (χ4n) is 1.63. The Balaban J connectivity index is 2.16. The van der Waals surface area contributed by atoms with Gasteiger partial charge in [-0.3, -0.25) is 0 Å². The van der Waals surface area contributed by atoms with Crippen LogP contribution in [0.3, 0.4) is 0 Å². The molecule has 0 saturated carbocycles. The highest BCUT2D eigenvalue weighted by Gasteiger charge is 2.16. The number of aliphatic hydroxyl groups excluding tert-OH is 1. The average molecular weight is 262 g/mol. The molecule has 1 aromatic carbocycles. The second-order valence-corrected chi connectivity index (χ2v) is 4.76. The third-order valence-electron chi connectivity index (χ3n) is 2.95. The van der Waals surface area contributed by atoms with Crippen molar-refractivity contribution in [1.82, 2.24) is 10.1 Å². The first-order valence-electron chi connectivity index (χ1n) is 6.25. The first-order valence-corrected chi connectivity index (χ1v) is 6.25. The molecule has 1 atom stereocenters. The molecule has 2 rings (SSSR count). The number of hydrogen-bond acceptors (Lipinski definition) is 5. The molecule has 5 nitrogen and oxygen atoms in total. The van der Waals surface area contributed by atoms with Crippen LogP contribution in [0.1, 0.15) is 19.7 Å². The predicted molar refractivity (Wildman–Crippen MR) is 70.8 cm³/mol. The van der Waals surface area contributed by atoms with E-state index >= 15 is 0 Å². The van der Waals surface area contributed by atoms with Gasteiger partial charge in [-0.1, -0.05) is 31.1 Å². The highest BCUT2D eigenvalue weighted by Crippen LogP contribution is 2.21. The summed E-state index contributed by atoms with van der Waals surface area (Å²) in [5.41, 5.74) is 0.827. The first kappa shape index (κ1) is 13.5. The molecule has 0 unspecified atom stereocenters. The van der Waals surface area contributed by atoms with E-state index < -0.39 is 6.10 Å². The number of nitrogens with zero attached hydrogens (tertiary/aromatic N) is 2. The quantitative estimate of drug-likeness (QED) is 0.895. The van der Waals surface area contributed by atoms with Gasteiger partial charge in [0.2, 0.25) is 11.7 Å². The highest BCUT2D eigenvalue weighted by molar-refractivity contribution is 5.56. The number of aromatic nitrogens is 2. The van der Waals surface area contributed by atoms with E-state index in [1.165, 1.54) is 0 Å². The number of methoxy groups -OCH3 is 1. The fraction of sp³-hybridized carbons (Fsp3) is 0.429. The van der Waals surface area contributed by atoms with Crippen LogP contribution in [0.2, 0.25) is 0 Å². The van der Waals surface area contributed by atoms with Crippen LogP contribution in [0, 0.1) is 5.92 Å². The molecule has 102 valence electrons. The molecule has 0 fully saturated rings. The number of rotatable bonds is 5. The second kappa shape index (κ2) is 5.84. The standard InChI is InChI=1S/C14H18N2O3/c1-9(2)12(17)8-13-15-14(16-19-13)10-5-4-6-11(7-10)18-3/h4-7,9,12,17H,8H2,1-3H3/t12-/m1/s1. The maximum atomic E-state index is 9.79. The van der Waals surface area contributed by atoms with E-state index in [-0.39, 0.29) is 5.92 Å². The Bertz CT molecular complexity index is 537. The van der Waals surface area contributed by atoms with Crippen molar-refractivity contribution in [2.45, 2.75) is 26.4 Å². The Kier molecular flexibility index (Phi) is 4.16. The van der Waals surface area contributed by atoms with Crippen LogP contribution in [-0.2, 0) is 6.42 Å². The normalized spacial score (nSPS) is 12.7.